The van der Waals surface area contributed by atoms with Gasteiger partial charge in [-0.2, -0.15) is 5.10 Å². The molecule has 1 aromatic heterocycles. The number of hydrogen-bond acceptors (Lipinski definition) is 7. The number of rotatable bonds is 9. The van der Waals surface area contributed by atoms with Crippen LogP contribution >= 0.6 is 23.2 Å². The first kappa shape index (κ1) is 28.4. The predicted octanol–water partition coefficient (Wildman–Crippen LogP) is 4.81. The third-order valence-corrected chi connectivity index (χ3v) is 6.68. The molecular formula is C27H27Cl2N5O5. The largest absolute Gasteiger partial charge is 0.392 e. The second-order valence-electron chi connectivity index (χ2n) is 8.87. The zero-order valence-corrected chi connectivity index (χ0v) is 22.5. The molecule has 0 radical (unpaired) electrons. The van der Waals surface area contributed by atoms with E-state index in [2.05, 4.69) is 27.2 Å². The van der Waals surface area contributed by atoms with Gasteiger partial charge in [-0.15, -0.1) is 10.1 Å². The Hall–Kier alpha value is -3.62. The molecule has 0 atom stereocenters. The summed E-state index contributed by atoms with van der Waals surface area (Å²) in [6.07, 6.45) is 4.00. The number of aliphatic hydroxyl groups excluding tert-OH is 1. The van der Waals surface area contributed by atoms with E-state index < -0.39 is 17.6 Å². The van der Waals surface area contributed by atoms with Crippen LogP contribution in [0.4, 0.5) is 0 Å². The fraction of sp³-hybridized carbons (Fsp3) is 0.333. The summed E-state index contributed by atoms with van der Waals surface area (Å²) in [7, 11) is 0. The fourth-order valence-electron chi connectivity index (χ4n) is 4.28. The van der Waals surface area contributed by atoms with E-state index in [4.69, 9.17) is 23.2 Å². The zero-order valence-electron chi connectivity index (χ0n) is 21.0. The summed E-state index contributed by atoms with van der Waals surface area (Å²) in [6.45, 7) is 1.08. The normalized spacial score (nSPS) is 13.4. The van der Waals surface area contributed by atoms with Gasteiger partial charge in [-0.05, 0) is 49.6 Å². The number of halogens is 2. The zero-order chi connectivity index (χ0) is 27.8. The van der Waals surface area contributed by atoms with Crippen LogP contribution in [0, 0.1) is 22.0 Å². The number of piperidine rings is 1. The summed E-state index contributed by atoms with van der Waals surface area (Å²) < 4.78 is 1.55. The Kier molecular flexibility index (Phi) is 9.79. The fourth-order valence-corrected chi connectivity index (χ4v) is 4.77. The van der Waals surface area contributed by atoms with Crippen molar-refractivity contribution >= 4 is 29.1 Å². The summed E-state index contributed by atoms with van der Waals surface area (Å²) >= 11 is 12.6. The minimum Gasteiger partial charge on any atom is -0.392 e. The third kappa shape index (κ3) is 7.28. The van der Waals surface area contributed by atoms with Gasteiger partial charge in [0.15, 0.2) is 5.69 Å². The highest BCUT2D eigenvalue weighted by atomic mass is 35.5. The van der Waals surface area contributed by atoms with Crippen molar-refractivity contribution in [1.82, 2.24) is 20.2 Å². The molecule has 1 aliphatic heterocycles. The van der Waals surface area contributed by atoms with Crippen LogP contribution in [0.1, 0.15) is 53.7 Å². The Morgan fingerprint density at radius 1 is 1.15 bits per heavy atom. The average molecular weight is 572 g/mol. The van der Waals surface area contributed by atoms with Crippen molar-refractivity contribution in [2.45, 2.75) is 38.7 Å². The quantitative estimate of drug-likeness (QED) is 0.163. The number of nitrogens with one attached hydrogen (secondary N) is 1. The second-order valence-corrected chi connectivity index (χ2v) is 9.71. The number of amides is 1. The van der Waals surface area contributed by atoms with Gasteiger partial charge in [0.05, 0.1) is 29.6 Å². The van der Waals surface area contributed by atoms with Crippen LogP contribution in [0.5, 0.6) is 0 Å². The molecule has 4 rings (SSSR count). The Morgan fingerprint density at radius 3 is 2.56 bits per heavy atom. The van der Waals surface area contributed by atoms with Gasteiger partial charge in [-0.1, -0.05) is 53.6 Å². The molecule has 2 heterocycles. The molecule has 1 saturated heterocycles. The number of aliphatic hydroxyl groups is 1. The van der Waals surface area contributed by atoms with Gasteiger partial charge in [-0.25, -0.2) is 9.69 Å². The maximum atomic E-state index is 13.3. The van der Waals surface area contributed by atoms with Crippen LogP contribution in [0.15, 0.2) is 42.5 Å². The van der Waals surface area contributed by atoms with Crippen LogP contribution in [0.2, 0.25) is 10.0 Å². The summed E-state index contributed by atoms with van der Waals surface area (Å²) in [5, 5.41) is 27.0. The van der Waals surface area contributed by atoms with Gasteiger partial charge in [0.2, 0.25) is 0 Å². The molecule has 0 spiro atoms. The number of hydrazine groups is 1. The molecule has 3 aromatic rings. The number of hydrogen-bond donors (Lipinski definition) is 2. The highest BCUT2D eigenvalue weighted by Gasteiger charge is 2.26. The van der Waals surface area contributed by atoms with E-state index in [0.717, 1.165) is 37.9 Å². The number of carbonyl (C=O) groups excluding carboxylic acids is 1. The highest BCUT2D eigenvalue weighted by molar-refractivity contribution is 6.35. The van der Waals surface area contributed by atoms with E-state index in [0.29, 0.717) is 45.4 Å². The Labute approximate surface area is 235 Å². The number of unbranched alkanes of at least 4 members (excludes halogenated alkanes) is 1. The molecule has 10 nitrogen and oxygen atoms in total. The van der Waals surface area contributed by atoms with E-state index in [-0.39, 0.29) is 12.3 Å². The van der Waals surface area contributed by atoms with Crippen molar-refractivity contribution in [3.05, 3.63) is 79.4 Å². The topological polar surface area (TPSA) is 123 Å². The Bertz CT molecular complexity index is 1390. The maximum absolute atomic E-state index is 13.3. The monoisotopic (exact) mass is 571 g/mol. The Balaban J connectivity index is 1.66. The molecule has 0 unspecified atom stereocenters. The molecule has 2 aromatic carbocycles. The van der Waals surface area contributed by atoms with Crippen molar-refractivity contribution in [1.29, 1.82) is 0 Å². The van der Waals surface area contributed by atoms with E-state index in [1.54, 1.807) is 22.9 Å². The molecule has 204 valence electrons. The molecule has 0 bridgehead atoms. The van der Waals surface area contributed by atoms with E-state index in [1.165, 1.54) is 0 Å². The third-order valence-electron chi connectivity index (χ3n) is 6.14. The van der Waals surface area contributed by atoms with Crippen molar-refractivity contribution < 1.29 is 19.8 Å². The number of nitrogens with zero attached hydrogens (tertiary/aromatic N) is 4. The lowest BCUT2D eigenvalue weighted by molar-refractivity contribution is -0.757. The molecule has 39 heavy (non-hydrogen) atoms. The molecular weight excluding hydrogens is 545 g/mol. The van der Waals surface area contributed by atoms with Crippen molar-refractivity contribution in [3.8, 4) is 28.8 Å². The maximum Gasteiger partial charge on any atom is 0.294 e. The summed E-state index contributed by atoms with van der Waals surface area (Å²) in [5.41, 5.74) is 5.83. The van der Waals surface area contributed by atoms with Gasteiger partial charge in [0, 0.05) is 41.2 Å². The van der Waals surface area contributed by atoms with Crippen LogP contribution in [0.25, 0.3) is 16.9 Å². The molecule has 12 heteroatoms. The summed E-state index contributed by atoms with van der Waals surface area (Å²) in [5.74, 6) is 5.58. The van der Waals surface area contributed by atoms with Gasteiger partial charge in [-0.3, -0.25) is 10.2 Å². The Morgan fingerprint density at radius 2 is 1.90 bits per heavy atom. The first-order valence-electron chi connectivity index (χ1n) is 12.5. The minimum atomic E-state index is -0.822. The predicted molar refractivity (Wildman–Crippen MR) is 147 cm³/mol. The molecule has 1 fully saturated rings. The molecule has 0 saturated carbocycles. The lowest BCUT2D eigenvalue weighted by Crippen LogP contribution is -2.45. The van der Waals surface area contributed by atoms with Crippen LogP contribution < -0.4 is 5.43 Å². The summed E-state index contributed by atoms with van der Waals surface area (Å²) in [6, 6.07) is 12.2. The van der Waals surface area contributed by atoms with E-state index in [1.807, 2.05) is 29.3 Å². The van der Waals surface area contributed by atoms with Gasteiger partial charge >= 0.3 is 0 Å². The molecule has 1 aliphatic rings. The van der Waals surface area contributed by atoms with Gasteiger partial charge < -0.3 is 9.94 Å². The first-order valence-corrected chi connectivity index (χ1v) is 13.2. The lowest BCUT2D eigenvalue weighted by Gasteiger charge is -2.26. The number of aromatic nitrogens is 2. The van der Waals surface area contributed by atoms with Gasteiger partial charge in [0.25, 0.3) is 11.0 Å². The highest BCUT2D eigenvalue weighted by Crippen LogP contribution is 2.33. The molecule has 0 aliphatic carbocycles. The smallest absolute Gasteiger partial charge is 0.294 e. The van der Waals surface area contributed by atoms with E-state index in [9.17, 15) is 20.0 Å². The standard InChI is InChI=1S/C27H27Cl2N5O5/c28-21-12-13-24(23(29)17-21)33-26(20-10-8-19(9-11-20)7-3-1-6-16-39-34(37)38)22(18-35)25(30-33)27(36)31-32-14-4-2-5-15-32/h8-13,17,35H,1-2,4-6,14-16,18H2,(H,31,36). The SMILES string of the molecule is O=C(NN1CCCCC1)c1nn(-c2ccc(Cl)cc2Cl)c(-c2ccc(C#CCCCO[N+](=O)[O-])cc2)c1CO. The molecule has 2 N–H and O–H groups in total. The van der Waals surface area contributed by atoms with Crippen molar-refractivity contribution in [3.63, 3.8) is 0 Å². The van der Waals surface area contributed by atoms with E-state index >= 15 is 0 Å². The second kappa shape index (κ2) is 13.4. The average Bonchev–Trinajstić information content (AvgIpc) is 3.31. The van der Waals surface area contributed by atoms with Crippen LogP contribution in [-0.2, 0) is 11.4 Å². The first-order chi connectivity index (χ1) is 18.9. The minimum absolute atomic E-state index is 0.00449. The number of benzene rings is 2. The van der Waals surface area contributed by atoms with Crippen LogP contribution in [0.3, 0.4) is 0 Å². The van der Waals surface area contributed by atoms with Crippen molar-refractivity contribution in [2.24, 2.45) is 0 Å². The lowest BCUT2D eigenvalue weighted by atomic mass is 10.0. The van der Waals surface area contributed by atoms with Crippen LogP contribution in [-0.4, -0.2) is 50.6 Å². The summed E-state index contributed by atoms with van der Waals surface area (Å²) in [4.78, 5) is 27.8. The molecule has 1 amide bonds. The van der Waals surface area contributed by atoms with Gasteiger partial charge in [0.1, 0.15) is 0 Å². The van der Waals surface area contributed by atoms with Crippen molar-refractivity contribution in [2.75, 3.05) is 19.7 Å². The number of carbonyl (C=O) groups is 1.